The van der Waals surface area contributed by atoms with Gasteiger partial charge in [0, 0.05) is 0 Å². The average Bonchev–Trinajstić information content (AvgIpc) is 2.20. The largest absolute Gasteiger partial charge is 0.481 e. The lowest BCUT2D eigenvalue weighted by Crippen LogP contribution is -1.90. The van der Waals surface area contributed by atoms with E-state index in [0.29, 0.717) is 0 Å². The highest BCUT2D eigenvalue weighted by Gasteiger charge is 1.91. The molecule has 1 aromatic carbocycles. The van der Waals surface area contributed by atoms with Crippen LogP contribution in [0.4, 0.5) is 0 Å². The van der Waals surface area contributed by atoms with E-state index in [1.54, 1.807) is 6.08 Å². The molecule has 0 aliphatic carbocycles. The van der Waals surface area contributed by atoms with Crippen molar-refractivity contribution in [2.75, 3.05) is 0 Å². The summed E-state index contributed by atoms with van der Waals surface area (Å²) in [6.45, 7) is 2.07. The molecule has 0 atom stereocenters. The number of allylic oxidation sites excluding steroid dienone is 1. The second-order valence-electron chi connectivity index (χ2n) is 3.59. The summed E-state index contributed by atoms with van der Waals surface area (Å²) in [5.41, 5.74) is 2.56. The third kappa shape index (κ3) is 5.01. The molecule has 1 aromatic rings. The average molecular weight is 204 g/mol. The summed E-state index contributed by atoms with van der Waals surface area (Å²) in [4.78, 5) is 10.2. The highest BCUT2D eigenvalue weighted by atomic mass is 16.4. The van der Waals surface area contributed by atoms with Crippen LogP contribution >= 0.6 is 0 Å². The maximum atomic E-state index is 10.2. The van der Waals surface area contributed by atoms with Gasteiger partial charge in [-0.25, -0.2) is 0 Å². The Morgan fingerprint density at radius 2 is 1.93 bits per heavy atom. The molecule has 0 bridgehead atoms. The van der Waals surface area contributed by atoms with Gasteiger partial charge in [-0.05, 0) is 25.3 Å². The Morgan fingerprint density at radius 3 is 2.53 bits per heavy atom. The molecule has 80 valence electrons. The van der Waals surface area contributed by atoms with E-state index in [2.05, 4.69) is 31.2 Å². The van der Waals surface area contributed by atoms with Gasteiger partial charge in [-0.3, -0.25) is 4.79 Å². The fourth-order valence-electron chi connectivity index (χ4n) is 1.31. The molecule has 0 saturated heterocycles. The molecule has 0 heterocycles. The van der Waals surface area contributed by atoms with Crippen molar-refractivity contribution in [2.24, 2.45) is 0 Å². The molecule has 0 unspecified atom stereocenters. The molecule has 0 aromatic heterocycles. The summed E-state index contributed by atoms with van der Waals surface area (Å²) in [6.07, 6.45) is 5.62. The van der Waals surface area contributed by atoms with E-state index in [0.717, 1.165) is 12.8 Å². The van der Waals surface area contributed by atoms with Gasteiger partial charge in [-0.1, -0.05) is 42.0 Å². The van der Waals surface area contributed by atoms with Gasteiger partial charge in [-0.15, -0.1) is 0 Å². The van der Waals surface area contributed by atoms with Gasteiger partial charge in [0.1, 0.15) is 0 Å². The van der Waals surface area contributed by atoms with Gasteiger partial charge in [0.05, 0.1) is 6.42 Å². The molecule has 0 spiro atoms. The van der Waals surface area contributed by atoms with Gasteiger partial charge >= 0.3 is 5.97 Å². The summed E-state index contributed by atoms with van der Waals surface area (Å²) in [5, 5.41) is 8.41. The van der Waals surface area contributed by atoms with Crippen molar-refractivity contribution < 1.29 is 9.90 Å². The van der Waals surface area contributed by atoms with Crippen LogP contribution in [0.3, 0.4) is 0 Å². The Bertz CT molecular complexity index is 336. The van der Waals surface area contributed by atoms with Crippen molar-refractivity contribution in [3.05, 3.63) is 47.5 Å². The van der Waals surface area contributed by atoms with Crippen molar-refractivity contribution in [2.45, 2.75) is 26.2 Å². The van der Waals surface area contributed by atoms with Gasteiger partial charge in [0.15, 0.2) is 0 Å². The number of rotatable bonds is 5. The van der Waals surface area contributed by atoms with Gasteiger partial charge < -0.3 is 5.11 Å². The van der Waals surface area contributed by atoms with E-state index in [4.69, 9.17) is 5.11 Å². The summed E-state index contributed by atoms with van der Waals surface area (Å²) in [5.74, 6) is -0.776. The minimum Gasteiger partial charge on any atom is -0.481 e. The third-order valence-corrected chi connectivity index (χ3v) is 2.18. The minimum atomic E-state index is -0.776. The molecule has 1 rings (SSSR count). The Morgan fingerprint density at radius 1 is 1.27 bits per heavy atom. The van der Waals surface area contributed by atoms with E-state index < -0.39 is 5.97 Å². The fraction of sp³-hybridized carbons (Fsp3) is 0.308. The number of aryl methyl sites for hydroxylation is 2. The van der Waals surface area contributed by atoms with E-state index in [1.165, 1.54) is 11.1 Å². The van der Waals surface area contributed by atoms with Crippen molar-refractivity contribution in [3.8, 4) is 0 Å². The highest BCUT2D eigenvalue weighted by Crippen LogP contribution is 2.06. The first-order valence-corrected chi connectivity index (χ1v) is 5.11. The second-order valence-corrected chi connectivity index (χ2v) is 3.59. The molecule has 0 amide bonds. The maximum absolute atomic E-state index is 10.2. The van der Waals surface area contributed by atoms with Crippen LogP contribution in [0.5, 0.6) is 0 Å². The van der Waals surface area contributed by atoms with Crippen LogP contribution in [-0.2, 0) is 11.2 Å². The number of carboxylic acid groups (broad SMARTS) is 1. The first kappa shape index (κ1) is 11.5. The summed E-state index contributed by atoms with van der Waals surface area (Å²) in [6, 6.07) is 8.41. The SMILES string of the molecule is Cc1ccc(CCC=CCC(=O)O)cc1. The molecule has 2 heteroatoms. The summed E-state index contributed by atoms with van der Waals surface area (Å²) >= 11 is 0. The van der Waals surface area contributed by atoms with Crippen LogP contribution in [0.15, 0.2) is 36.4 Å². The van der Waals surface area contributed by atoms with Crippen molar-refractivity contribution in [1.29, 1.82) is 0 Å². The number of carboxylic acids is 1. The van der Waals surface area contributed by atoms with E-state index in [1.807, 2.05) is 6.08 Å². The zero-order valence-electron chi connectivity index (χ0n) is 8.94. The van der Waals surface area contributed by atoms with Crippen LogP contribution in [0.1, 0.15) is 24.0 Å². The molecule has 0 aliphatic heterocycles. The Hall–Kier alpha value is -1.57. The molecule has 2 nitrogen and oxygen atoms in total. The van der Waals surface area contributed by atoms with Gasteiger partial charge in [0.2, 0.25) is 0 Å². The predicted molar refractivity (Wildman–Crippen MR) is 60.9 cm³/mol. The zero-order valence-corrected chi connectivity index (χ0v) is 8.94. The van der Waals surface area contributed by atoms with Gasteiger partial charge in [-0.2, -0.15) is 0 Å². The zero-order chi connectivity index (χ0) is 11.1. The molecule has 1 N–H and O–H groups in total. The molecule has 0 saturated carbocycles. The monoisotopic (exact) mass is 204 g/mol. The highest BCUT2D eigenvalue weighted by molar-refractivity contribution is 5.68. The fourth-order valence-corrected chi connectivity index (χ4v) is 1.31. The number of aliphatic carboxylic acids is 1. The van der Waals surface area contributed by atoms with Crippen LogP contribution in [0.25, 0.3) is 0 Å². The Kier molecular flexibility index (Phi) is 4.61. The minimum absolute atomic E-state index is 0.119. The van der Waals surface area contributed by atoms with Crippen molar-refractivity contribution in [3.63, 3.8) is 0 Å². The standard InChI is InChI=1S/C13H16O2/c1-11-7-9-12(10-8-11)5-3-2-4-6-13(14)15/h2,4,7-10H,3,5-6H2,1H3,(H,14,15). The second kappa shape index (κ2) is 6.02. The smallest absolute Gasteiger partial charge is 0.307 e. The molecule has 0 fully saturated rings. The number of carbonyl (C=O) groups is 1. The molecule has 0 radical (unpaired) electrons. The number of hydrogen-bond donors (Lipinski definition) is 1. The first-order chi connectivity index (χ1) is 7.18. The third-order valence-electron chi connectivity index (χ3n) is 2.18. The van der Waals surface area contributed by atoms with Crippen LogP contribution in [0.2, 0.25) is 0 Å². The summed E-state index contributed by atoms with van der Waals surface area (Å²) < 4.78 is 0. The van der Waals surface area contributed by atoms with Crippen LogP contribution < -0.4 is 0 Å². The normalized spacial score (nSPS) is 10.7. The maximum Gasteiger partial charge on any atom is 0.307 e. The Labute approximate surface area is 90.3 Å². The van der Waals surface area contributed by atoms with Crippen molar-refractivity contribution in [1.82, 2.24) is 0 Å². The Balaban J connectivity index is 2.28. The lowest BCUT2D eigenvalue weighted by atomic mass is 10.1. The molecular weight excluding hydrogens is 188 g/mol. The van der Waals surface area contributed by atoms with Gasteiger partial charge in [0.25, 0.3) is 0 Å². The van der Waals surface area contributed by atoms with Crippen LogP contribution in [0, 0.1) is 6.92 Å². The first-order valence-electron chi connectivity index (χ1n) is 5.11. The van der Waals surface area contributed by atoms with E-state index >= 15 is 0 Å². The lowest BCUT2D eigenvalue weighted by Gasteiger charge is -1.98. The quantitative estimate of drug-likeness (QED) is 0.749. The number of hydrogen-bond acceptors (Lipinski definition) is 1. The number of benzene rings is 1. The van der Waals surface area contributed by atoms with Crippen molar-refractivity contribution >= 4 is 5.97 Å². The lowest BCUT2D eigenvalue weighted by molar-refractivity contribution is -0.136. The molecule has 15 heavy (non-hydrogen) atoms. The molecule has 0 aliphatic rings. The van der Waals surface area contributed by atoms with E-state index in [-0.39, 0.29) is 6.42 Å². The van der Waals surface area contributed by atoms with Crippen LogP contribution in [-0.4, -0.2) is 11.1 Å². The molecular formula is C13H16O2. The summed E-state index contributed by atoms with van der Waals surface area (Å²) in [7, 11) is 0. The topological polar surface area (TPSA) is 37.3 Å². The van der Waals surface area contributed by atoms with E-state index in [9.17, 15) is 4.79 Å². The predicted octanol–water partition coefficient (Wildman–Crippen LogP) is 2.96.